The van der Waals surface area contributed by atoms with E-state index in [2.05, 4.69) is 10.2 Å². The molecule has 0 amide bonds. The first kappa shape index (κ1) is 15.4. The van der Waals surface area contributed by atoms with E-state index in [9.17, 15) is 9.59 Å². The molecule has 0 saturated heterocycles. The fourth-order valence-corrected chi connectivity index (χ4v) is 2.89. The summed E-state index contributed by atoms with van der Waals surface area (Å²) in [6, 6.07) is 7.85. The topological polar surface area (TPSA) is 68.5 Å². The molecule has 122 valence electrons. The normalized spacial score (nSPS) is 14.2. The van der Waals surface area contributed by atoms with Gasteiger partial charge in [0.05, 0.1) is 19.3 Å². The smallest absolute Gasteiger partial charge is 0.332 e. The number of ether oxygens (including phenoxy) is 1. The number of nitrogens with one attached hydrogen (secondary N) is 1. The lowest BCUT2D eigenvalue weighted by molar-refractivity contribution is 0.261. The van der Waals surface area contributed by atoms with Crippen molar-refractivity contribution in [1.82, 2.24) is 14.0 Å². The first-order valence-electron chi connectivity index (χ1n) is 7.39. The first-order chi connectivity index (χ1) is 11.0. The maximum atomic E-state index is 12.3. The summed E-state index contributed by atoms with van der Waals surface area (Å²) in [5.74, 6) is 1.42. The minimum atomic E-state index is -0.317. The molecule has 0 spiro atoms. The lowest BCUT2D eigenvalue weighted by atomic mass is 10.1. The Kier molecular flexibility index (Phi) is 3.96. The van der Waals surface area contributed by atoms with Gasteiger partial charge in [-0.1, -0.05) is 12.1 Å². The van der Waals surface area contributed by atoms with Gasteiger partial charge < -0.3 is 10.1 Å². The number of hydrogen-bond acceptors (Lipinski definition) is 5. The number of rotatable bonds is 3. The molecule has 1 N–H and O–H groups in total. The van der Waals surface area contributed by atoms with Crippen molar-refractivity contribution in [1.29, 1.82) is 0 Å². The second-order valence-electron chi connectivity index (χ2n) is 5.71. The lowest BCUT2D eigenvalue weighted by Crippen LogP contribution is -2.46. The van der Waals surface area contributed by atoms with E-state index in [0.29, 0.717) is 31.1 Å². The van der Waals surface area contributed by atoms with Crippen LogP contribution in [-0.4, -0.2) is 27.8 Å². The molecule has 0 radical (unpaired) electrons. The molecule has 0 atom stereocenters. The molecule has 1 aromatic carbocycles. The van der Waals surface area contributed by atoms with E-state index in [1.165, 1.54) is 11.6 Å². The summed E-state index contributed by atoms with van der Waals surface area (Å²) < 4.78 is 7.87. The molecule has 23 heavy (non-hydrogen) atoms. The van der Waals surface area contributed by atoms with Crippen molar-refractivity contribution in [3.63, 3.8) is 0 Å². The van der Waals surface area contributed by atoms with Crippen LogP contribution in [0.25, 0.3) is 0 Å². The number of nitrogens with zero attached hydrogens (tertiary/aromatic N) is 3. The van der Waals surface area contributed by atoms with Crippen LogP contribution in [0, 0.1) is 0 Å². The molecule has 1 aliphatic rings. The molecule has 7 heteroatoms. The van der Waals surface area contributed by atoms with E-state index in [-0.39, 0.29) is 11.2 Å². The van der Waals surface area contributed by atoms with E-state index in [1.807, 2.05) is 24.3 Å². The van der Waals surface area contributed by atoms with Crippen LogP contribution in [0.4, 0.5) is 5.82 Å². The summed E-state index contributed by atoms with van der Waals surface area (Å²) >= 11 is 0. The minimum Gasteiger partial charge on any atom is -0.497 e. The molecule has 0 aliphatic carbocycles. The zero-order valence-corrected chi connectivity index (χ0v) is 13.5. The maximum absolute atomic E-state index is 12.3. The Hall–Kier alpha value is -2.54. The average Bonchev–Trinajstić information content (AvgIpc) is 2.58. The van der Waals surface area contributed by atoms with Crippen molar-refractivity contribution in [3.8, 4) is 5.75 Å². The van der Waals surface area contributed by atoms with Gasteiger partial charge >= 0.3 is 5.69 Å². The van der Waals surface area contributed by atoms with E-state index in [0.717, 1.165) is 15.9 Å². The van der Waals surface area contributed by atoms with Gasteiger partial charge in [-0.2, -0.15) is 0 Å². The molecule has 0 saturated carbocycles. The second kappa shape index (κ2) is 5.92. The predicted octanol–water partition coefficient (Wildman–Crippen LogP) is 0.478. The SMILES string of the molecule is COc1cccc(CN2CNc3c(c(=O)n(C)c(=O)n3C)C2)c1. The molecule has 0 unspecified atom stereocenters. The Morgan fingerprint density at radius 1 is 1.22 bits per heavy atom. The molecule has 0 bridgehead atoms. The van der Waals surface area contributed by atoms with Crippen LogP contribution in [0.3, 0.4) is 0 Å². The van der Waals surface area contributed by atoms with Crippen molar-refractivity contribution in [2.75, 3.05) is 19.1 Å². The lowest BCUT2D eigenvalue weighted by Gasteiger charge is -2.30. The van der Waals surface area contributed by atoms with E-state index in [1.54, 1.807) is 14.2 Å². The first-order valence-corrected chi connectivity index (χ1v) is 7.39. The largest absolute Gasteiger partial charge is 0.497 e. The van der Waals surface area contributed by atoms with Crippen molar-refractivity contribution in [2.45, 2.75) is 13.1 Å². The van der Waals surface area contributed by atoms with Crippen LogP contribution in [0.15, 0.2) is 33.9 Å². The molecular formula is C16H20N4O3. The summed E-state index contributed by atoms with van der Waals surface area (Å²) in [5, 5.41) is 3.18. The van der Waals surface area contributed by atoms with Crippen molar-refractivity contribution >= 4 is 5.82 Å². The number of anilines is 1. The van der Waals surface area contributed by atoms with Crippen LogP contribution in [-0.2, 0) is 27.2 Å². The fourth-order valence-electron chi connectivity index (χ4n) is 2.89. The van der Waals surface area contributed by atoms with Crippen LogP contribution in [0.5, 0.6) is 5.75 Å². The Morgan fingerprint density at radius 3 is 2.74 bits per heavy atom. The number of benzene rings is 1. The molecule has 7 nitrogen and oxygen atoms in total. The third-order valence-electron chi connectivity index (χ3n) is 4.15. The summed E-state index contributed by atoms with van der Waals surface area (Å²) in [6.45, 7) is 1.76. The van der Waals surface area contributed by atoms with Gasteiger partial charge in [-0.05, 0) is 17.7 Å². The average molecular weight is 316 g/mol. The van der Waals surface area contributed by atoms with Gasteiger partial charge in [0.25, 0.3) is 5.56 Å². The van der Waals surface area contributed by atoms with Gasteiger partial charge in [-0.3, -0.25) is 18.8 Å². The highest BCUT2D eigenvalue weighted by molar-refractivity contribution is 5.45. The number of fused-ring (bicyclic) bond motifs is 1. The van der Waals surface area contributed by atoms with E-state index < -0.39 is 0 Å². The quantitative estimate of drug-likeness (QED) is 0.892. The molecule has 1 aliphatic heterocycles. The van der Waals surface area contributed by atoms with E-state index in [4.69, 9.17) is 4.74 Å². The number of aromatic nitrogens is 2. The Bertz CT molecular complexity index is 853. The fraction of sp³-hybridized carbons (Fsp3) is 0.375. The molecule has 1 aromatic heterocycles. The van der Waals surface area contributed by atoms with Crippen molar-refractivity contribution < 1.29 is 4.74 Å². The van der Waals surface area contributed by atoms with Gasteiger partial charge in [0, 0.05) is 27.2 Å². The predicted molar refractivity (Wildman–Crippen MR) is 87.7 cm³/mol. The van der Waals surface area contributed by atoms with Crippen LogP contribution < -0.4 is 21.3 Å². The molecular weight excluding hydrogens is 296 g/mol. The summed E-state index contributed by atoms with van der Waals surface area (Å²) in [7, 11) is 4.82. The summed E-state index contributed by atoms with van der Waals surface area (Å²) in [5.41, 5.74) is 1.16. The third-order valence-corrected chi connectivity index (χ3v) is 4.15. The van der Waals surface area contributed by atoms with Gasteiger partial charge in [-0.25, -0.2) is 4.79 Å². The highest BCUT2D eigenvalue weighted by Gasteiger charge is 2.23. The second-order valence-corrected chi connectivity index (χ2v) is 5.71. The standard InChI is InChI=1S/C16H20N4O3/c1-18-14-13(15(21)19(2)16(18)22)9-20(10-17-14)8-11-5-4-6-12(7-11)23-3/h4-7,17H,8-10H2,1-3H3. The van der Waals surface area contributed by atoms with Crippen LogP contribution in [0.1, 0.15) is 11.1 Å². The Morgan fingerprint density at radius 2 is 2.00 bits per heavy atom. The maximum Gasteiger partial charge on any atom is 0.332 e. The third kappa shape index (κ3) is 2.75. The zero-order chi connectivity index (χ0) is 16.6. The number of methoxy groups -OCH3 is 1. The van der Waals surface area contributed by atoms with Gasteiger partial charge in [0.15, 0.2) is 0 Å². The molecule has 2 heterocycles. The molecule has 0 fully saturated rings. The Balaban J connectivity index is 1.88. The summed E-state index contributed by atoms with van der Waals surface area (Å²) in [4.78, 5) is 26.4. The highest BCUT2D eigenvalue weighted by atomic mass is 16.5. The molecule has 3 rings (SSSR count). The summed E-state index contributed by atoms with van der Waals surface area (Å²) in [6.07, 6.45) is 0. The highest BCUT2D eigenvalue weighted by Crippen LogP contribution is 2.20. The minimum absolute atomic E-state index is 0.244. The Labute approximate surface area is 133 Å². The van der Waals surface area contributed by atoms with Gasteiger partial charge in [0.1, 0.15) is 11.6 Å². The van der Waals surface area contributed by atoms with Crippen LogP contribution >= 0.6 is 0 Å². The number of hydrogen-bond donors (Lipinski definition) is 1. The van der Waals surface area contributed by atoms with Crippen molar-refractivity contribution in [2.24, 2.45) is 14.1 Å². The zero-order valence-electron chi connectivity index (χ0n) is 13.5. The van der Waals surface area contributed by atoms with E-state index >= 15 is 0 Å². The monoisotopic (exact) mass is 316 g/mol. The van der Waals surface area contributed by atoms with Crippen molar-refractivity contribution in [3.05, 3.63) is 56.2 Å². The van der Waals surface area contributed by atoms with Gasteiger partial charge in [-0.15, -0.1) is 0 Å². The van der Waals surface area contributed by atoms with Crippen LogP contribution in [0.2, 0.25) is 0 Å². The molecule has 2 aromatic rings. The van der Waals surface area contributed by atoms with Gasteiger partial charge in [0.2, 0.25) is 0 Å².